The fourth-order valence-corrected chi connectivity index (χ4v) is 1.27. The topological polar surface area (TPSA) is 93.3 Å². The molecule has 0 amide bonds. The van der Waals surface area contributed by atoms with E-state index >= 15 is 0 Å². The van der Waals surface area contributed by atoms with Crippen molar-refractivity contribution in [3.63, 3.8) is 0 Å². The number of ether oxygens (including phenoxy) is 1. The first-order valence-electron chi connectivity index (χ1n) is 6.02. The van der Waals surface area contributed by atoms with Crippen molar-refractivity contribution in [2.45, 2.75) is 45.9 Å². The molecule has 0 saturated carbocycles. The van der Waals surface area contributed by atoms with Crippen molar-refractivity contribution in [3.05, 3.63) is 11.9 Å². The lowest BCUT2D eigenvalue weighted by Gasteiger charge is -2.30. The van der Waals surface area contributed by atoms with E-state index in [4.69, 9.17) is 10.5 Å². The van der Waals surface area contributed by atoms with Gasteiger partial charge in [-0.2, -0.15) is 0 Å². The third-order valence-corrected chi connectivity index (χ3v) is 2.72. The number of rotatable bonds is 6. The van der Waals surface area contributed by atoms with Crippen LogP contribution in [0.1, 0.15) is 33.5 Å². The second-order valence-corrected chi connectivity index (χ2v) is 4.75. The van der Waals surface area contributed by atoms with Gasteiger partial charge in [0.2, 0.25) is 0 Å². The molecule has 6 heteroatoms. The summed E-state index contributed by atoms with van der Waals surface area (Å²) in [5, 5.41) is 12.8. The molecule has 0 radical (unpaired) electrons. The predicted octanol–water partition coefficient (Wildman–Crippen LogP) is 1.17. The van der Waals surface area contributed by atoms with Crippen molar-refractivity contribution < 1.29 is 9.84 Å². The van der Waals surface area contributed by atoms with Crippen LogP contribution >= 0.6 is 0 Å². The molecule has 1 rings (SSSR count). The molecule has 1 atom stereocenters. The Hall–Kier alpha value is -1.40. The highest BCUT2D eigenvalue weighted by atomic mass is 16.5. The zero-order valence-corrected chi connectivity index (χ0v) is 11.4. The molecule has 0 saturated heterocycles. The van der Waals surface area contributed by atoms with Crippen molar-refractivity contribution >= 4 is 11.6 Å². The van der Waals surface area contributed by atoms with Gasteiger partial charge < -0.3 is 20.9 Å². The summed E-state index contributed by atoms with van der Waals surface area (Å²) in [5.74, 6) is 1.49. The van der Waals surface area contributed by atoms with Crippen LogP contribution in [0.25, 0.3) is 0 Å². The Kier molecular flexibility index (Phi) is 4.86. The highest BCUT2D eigenvalue weighted by Gasteiger charge is 2.24. The summed E-state index contributed by atoms with van der Waals surface area (Å²) in [6, 6.07) is 1.64. The Bertz CT molecular complexity index is 394. The smallest absolute Gasteiger partial charge is 0.158 e. The first kappa shape index (κ1) is 14.7. The van der Waals surface area contributed by atoms with Gasteiger partial charge in [-0.25, -0.2) is 9.97 Å². The van der Waals surface area contributed by atoms with Crippen LogP contribution in [-0.4, -0.2) is 33.3 Å². The van der Waals surface area contributed by atoms with Crippen LogP contribution in [0, 0.1) is 0 Å². The molecule has 0 aliphatic rings. The van der Waals surface area contributed by atoms with E-state index in [1.807, 2.05) is 20.8 Å². The van der Waals surface area contributed by atoms with Crippen LogP contribution in [0.3, 0.4) is 0 Å². The van der Waals surface area contributed by atoms with Crippen LogP contribution in [0.5, 0.6) is 0 Å². The number of nitrogen functional groups attached to an aromatic ring is 1. The van der Waals surface area contributed by atoms with E-state index in [0.29, 0.717) is 30.7 Å². The SMILES string of the molecule is CCOCc1nc(N)cc(NC(C)(C)C(C)O)n1. The normalized spacial score (nSPS) is 13.4. The van der Waals surface area contributed by atoms with Gasteiger partial charge in [-0.15, -0.1) is 0 Å². The summed E-state index contributed by atoms with van der Waals surface area (Å²) in [5.41, 5.74) is 5.22. The number of aliphatic hydroxyl groups excluding tert-OH is 1. The number of nitrogens with zero attached hydrogens (tertiary/aromatic N) is 2. The van der Waals surface area contributed by atoms with E-state index < -0.39 is 11.6 Å². The predicted molar refractivity (Wildman–Crippen MR) is 71.2 cm³/mol. The second kappa shape index (κ2) is 5.97. The third kappa shape index (κ3) is 4.12. The van der Waals surface area contributed by atoms with Crippen molar-refractivity contribution in [2.75, 3.05) is 17.7 Å². The molecule has 1 heterocycles. The summed E-state index contributed by atoms with van der Waals surface area (Å²) in [7, 11) is 0. The lowest BCUT2D eigenvalue weighted by molar-refractivity contribution is 0.127. The maximum Gasteiger partial charge on any atom is 0.158 e. The fourth-order valence-electron chi connectivity index (χ4n) is 1.27. The van der Waals surface area contributed by atoms with E-state index in [2.05, 4.69) is 15.3 Å². The Morgan fingerprint density at radius 1 is 1.50 bits per heavy atom. The minimum Gasteiger partial charge on any atom is -0.391 e. The molecule has 0 aromatic carbocycles. The molecular formula is C12H22N4O2. The van der Waals surface area contributed by atoms with Crippen LogP contribution in [0.15, 0.2) is 6.07 Å². The lowest BCUT2D eigenvalue weighted by Crippen LogP contribution is -2.42. The number of nitrogens with two attached hydrogens (primary N) is 1. The summed E-state index contributed by atoms with van der Waals surface area (Å²) in [6.45, 7) is 8.32. The van der Waals surface area contributed by atoms with Crippen LogP contribution in [0.2, 0.25) is 0 Å². The van der Waals surface area contributed by atoms with Gasteiger partial charge in [0.1, 0.15) is 18.2 Å². The number of anilines is 2. The quantitative estimate of drug-likeness (QED) is 0.705. The minimum absolute atomic E-state index is 0.325. The molecule has 0 aliphatic carbocycles. The van der Waals surface area contributed by atoms with E-state index in [1.54, 1.807) is 13.0 Å². The van der Waals surface area contributed by atoms with Gasteiger partial charge >= 0.3 is 0 Å². The molecule has 0 fully saturated rings. The van der Waals surface area contributed by atoms with Gasteiger partial charge in [-0.3, -0.25) is 0 Å². The van der Waals surface area contributed by atoms with Crippen molar-refractivity contribution in [1.29, 1.82) is 0 Å². The van der Waals surface area contributed by atoms with Gasteiger partial charge in [0, 0.05) is 12.7 Å². The Morgan fingerprint density at radius 3 is 2.72 bits per heavy atom. The molecule has 1 aromatic rings. The molecule has 1 aromatic heterocycles. The van der Waals surface area contributed by atoms with Gasteiger partial charge in [-0.1, -0.05) is 0 Å². The molecule has 1 unspecified atom stereocenters. The Morgan fingerprint density at radius 2 is 2.17 bits per heavy atom. The van der Waals surface area contributed by atoms with E-state index in [9.17, 15) is 5.11 Å². The van der Waals surface area contributed by atoms with Crippen molar-refractivity contribution in [3.8, 4) is 0 Å². The van der Waals surface area contributed by atoms with Crippen LogP contribution in [-0.2, 0) is 11.3 Å². The summed E-state index contributed by atoms with van der Waals surface area (Å²) < 4.78 is 5.25. The van der Waals surface area contributed by atoms with Gasteiger partial charge in [-0.05, 0) is 27.7 Å². The highest BCUT2D eigenvalue weighted by Crippen LogP contribution is 2.18. The molecule has 4 N–H and O–H groups in total. The van der Waals surface area contributed by atoms with Gasteiger partial charge in [0.05, 0.1) is 11.6 Å². The first-order chi connectivity index (χ1) is 8.35. The summed E-state index contributed by atoms with van der Waals surface area (Å²) in [6.07, 6.45) is -0.524. The monoisotopic (exact) mass is 254 g/mol. The standard InChI is InChI=1S/C12H22N4O2/c1-5-18-7-11-14-9(13)6-10(15-11)16-12(3,4)8(2)17/h6,8,17H,5,7H2,1-4H3,(H3,13,14,15,16). The minimum atomic E-state index is -0.524. The second-order valence-electron chi connectivity index (χ2n) is 4.75. The Labute approximate surface area is 108 Å². The molecule has 18 heavy (non-hydrogen) atoms. The van der Waals surface area contributed by atoms with Crippen LogP contribution < -0.4 is 11.1 Å². The summed E-state index contributed by atoms with van der Waals surface area (Å²) >= 11 is 0. The number of nitrogens with one attached hydrogen (secondary N) is 1. The van der Waals surface area contributed by atoms with Crippen molar-refractivity contribution in [2.24, 2.45) is 0 Å². The third-order valence-electron chi connectivity index (χ3n) is 2.72. The van der Waals surface area contributed by atoms with E-state index in [0.717, 1.165) is 0 Å². The summed E-state index contributed by atoms with van der Waals surface area (Å²) in [4.78, 5) is 8.39. The average Bonchev–Trinajstić information content (AvgIpc) is 2.24. The average molecular weight is 254 g/mol. The molecule has 0 aliphatic heterocycles. The highest BCUT2D eigenvalue weighted by molar-refractivity contribution is 5.46. The zero-order chi connectivity index (χ0) is 13.8. The lowest BCUT2D eigenvalue weighted by atomic mass is 9.99. The number of hydrogen-bond acceptors (Lipinski definition) is 6. The first-order valence-corrected chi connectivity index (χ1v) is 6.02. The van der Waals surface area contributed by atoms with Gasteiger partial charge in [0.25, 0.3) is 0 Å². The van der Waals surface area contributed by atoms with E-state index in [-0.39, 0.29) is 0 Å². The molecule has 0 bridgehead atoms. The molecular weight excluding hydrogens is 232 g/mol. The largest absolute Gasteiger partial charge is 0.391 e. The molecule has 6 nitrogen and oxygen atoms in total. The van der Waals surface area contributed by atoms with Gasteiger partial charge in [0.15, 0.2) is 5.82 Å². The maximum absolute atomic E-state index is 9.66. The zero-order valence-electron chi connectivity index (χ0n) is 11.4. The van der Waals surface area contributed by atoms with Crippen LogP contribution in [0.4, 0.5) is 11.6 Å². The molecule has 0 spiro atoms. The maximum atomic E-state index is 9.66. The molecule has 102 valence electrons. The van der Waals surface area contributed by atoms with Crippen molar-refractivity contribution in [1.82, 2.24) is 9.97 Å². The number of aromatic nitrogens is 2. The van der Waals surface area contributed by atoms with E-state index in [1.165, 1.54) is 0 Å². The number of hydrogen-bond donors (Lipinski definition) is 3. The fraction of sp³-hybridized carbons (Fsp3) is 0.667. The Balaban J connectivity index is 2.86. The number of aliphatic hydroxyl groups is 1.